The molecular formula is C21H20N2O6. The van der Waals surface area contributed by atoms with Gasteiger partial charge in [0.2, 0.25) is 0 Å². The number of hydrogen-bond donors (Lipinski definition) is 0. The lowest BCUT2D eigenvalue weighted by Crippen LogP contribution is -2.45. The third-order valence-electron chi connectivity index (χ3n) is 3.82. The van der Waals surface area contributed by atoms with Crippen molar-refractivity contribution in [3.05, 3.63) is 71.8 Å². The van der Waals surface area contributed by atoms with Gasteiger partial charge in [-0.1, -0.05) is 60.7 Å². The van der Waals surface area contributed by atoms with Crippen LogP contribution in [0, 0.1) is 0 Å². The fourth-order valence-electron chi connectivity index (χ4n) is 2.64. The summed E-state index contributed by atoms with van der Waals surface area (Å²) in [5.74, 6) is -1.94. The van der Waals surface area contributed by atoms with Gasteiger partial charge in [-0.3, -0.25) is 0 Å². The SMILES string of the molecule is CCOC(=O)OC1(OC(=O)OCC)N=C(c2ccccc2)N=C1c1ccccc1. The van der Waals surface area contributed by atoms with E-state index in [0.717, 1.165) is 0 Å². The Morgan fingerprint density at radius 3 is 1.76 bits per heavy atom. The van der Waals surface area contributed by atoms with E-state index in [9.17, 15) is 9.59 Å². The van der Waals surface area contributed by atoms with E-state index in [-0.39, 0.29) is 24.8 Å². The number of amidine groups is 1. The van der Waals surface area contributed by atoms with E-state index in [2.05, 4.69) is 9.98 Å². The molecule has 0 amide bonds. The number of benzene rings is 2. The van der Waals surface area contributed by atoms with Crippen molar-refractivity contribution in [3.63, 3.8) is 0 Å². The number of hydrogen-bond acceptors (Lipinski definition) is 8. The molecule has 8 heteroatoms. The molecule has 0 spiro atoms. The van der Waals surface area contributed by atoms with Crippen LogP contribution < -0.4 is 0 Å². The van der Waals surface area contributed by atoms with E-state index in [1.54, 1.807) is 50.2 Å². The van der Waals surface area contributed by atoms with Crippen LogP contribution in [0.25, 0.3) is 0 Å². The van der Waals surface area contributed by atoms with E-state index in [1.807, 2.05) is 24.3 Å². The van der Waals surface area contributed by atoms with Crippen LogP contribution in [0.3, 0.4) is 0 Å². The Hall–Kier alpha value is -3.68. The van der Waals surface area contributed by atoms with Crippen molar-refractivity contribution in [2.45, 2.75) is 19.8 Å². The summed E-state index contributed by atoms with van der Waals surface area (Å²) in [5.41, 5.74) is 1.33. The van der Waals surface area contributed by atoms with E-state index in [1.165, 1.54) is 0 Å². The maximum Gasteiger partial charge on any atom is 0.513 e. The standard InChI is InChI=1S/C21H20N2O6/c1-3-26-19(24)28-21(29-20(25)27-4-2)17(15-11-7-5-8-12-15)22-18(23-21)16-13-9-6-10-14-16/h5-14H,3-4H2,1-2H3. The van der Waals surface area contributed by atoms with E-state index >= 15 is 0 Å². The van der Waals surface area contributed by atoms with Crippen LogP contribution in [0.1, 0.15) is 25.0 Å². The van der Waals surface area contributed by atoms with Crippen molar-refractivity contribution in [3.8, 4) is 0 Å². The van der Waals surface area contributed by atoms with E-state index in [4.69, 9.17) is 18.9 Å². The van der Waals surface area contributed by atoms with Gasteiger partial charge in [0.05, 0.1) is 13.2 Å². The highest BCUT2D eigenvalue weighted by atomic mass is 16.9. The van der Waals surface area contributed by atoms with Crippen LogP contribution in [0.4, 0.5) is 9.59 Å². The van der Waals surface area contributed by atoms with Gasteiger partial charge in [0.25, 0.3) is 0 Å². The van der Waals surface area contributed by atoms with Gasteiger partial charge >= 0.3 is 18.2 Å². The summed E-state index contributed by atoms with van der Waals surface area (Å²) in [6, 6.07) is 17.9. The lowest BCUT2D eigenvalue weighted by atomic mass is 10.1. The highest BCUT2D eigenvalue weighted by molar-refractivity contribution is 6.20. The second kappa shape index (κ2) is 9.01. The average molecular weight is 396 g/mol. The number of rotatable bonds is 6. The normalized spacial score (nSPS) is 14.4. The number of aliphatic imine (C=N–C) groups is 2. The molecule has 0 aromatic heterocycles. The van der Waals surface area contributed by atoms with Gasteiger partial charge in [-0.25, -0.2) is 14.6 Å². The molecule has 1 heterocycles. The Kier molecular flexibility index (Phi) is 6.23. The van der Waals surface area contributed by atoms with Crippen LogP contribution in [0.2, 0.25) is 0 Å². The van der Waals surface area contributed by atoms with Crippen molar-refractivity contribution in [1.29, 1.82) is 0 Å². The molecule has 8 nitrogen and oxygen atoms in total. The molecule has 2 aromatic carbocycles. The zero-order valence-electron chi connectivity index (χ0n) is 16.0. The lowest BCUT2D eigenvalue weighted by Gasteiger charge is -2.25. The summed E-state index contributed by atoms with van der Waals surface area (Å²) >= 11 is 0. The monoisotopic (exact) mass is 396 g/mol. The number of ether oxygens (including phenoxy) is 4. The number of nitrogens with zero attached hydrogens (tertiary/aromatic N) is 2. The van der Waals surface area contributed by atoms with Crippen LogP contribution >= 0.6 is 0 Å². The fourth-order valence-corrected chi connectivity index (χ4v) is 2.64. The molecule has 3 rings (SSSR count). The molecule has 2 aromatic rings. The summed E-state index contributed by atoms with van der Waals surface area (Å²) in [6.45, 7) is 3.39. The molecule has 0 bridgehead atoms. The first-order valence-corrected chi connectivity index (χ1v) is 9.09. The molecule has 0 fully saturated rings. The van der Waals surface area contributed by atoms with Gasteiger partial charge in [-0.05, 0) is 13.8 Å². The van der Waals surface area contributed by atoms with Crippen molar-refractivity contribution >= 4 is 23.9 Å². The van der Waals surface area contributed by atoms with E-state index in [0.29, 0.717) is 11.1 Å². The molecule has 0 unspecified atom stereocenters. The molecule has 29 heavy (non-hydrogen) atoms. The Balaban J connectivity index is 2.11. The largest absolute Gasteiger partial charge is 0.513 e. The Labute approximate surface area is 167 Å². The first kappa shape index (κ1) is 20.1. The van der Waals surface area contributed by atoms with Gasteiger partial charge in [0, 0.05) is 11.1 Å². The van der Waals surface area contributed by atoms with Crippen molar-refractivity contribution in [2.75, 3.05) is 13.2 Å². The minimum absolute atomic E-state index is 0.0708. The molecule has 0 radical (unpaired) electrons. The maximum absolute atomic E-state index is 12.2. The highest BCUT2D eigenvalue weighted by Gasteiger charge is 2.50. The zero-order valence-corrected chi connectivity index (χ0v) is 16.0. The lowest BCUT2D eigenvalue weighted by molar-refractivity contribution is -0.136. The van der Waals surface area contributed by atoms with Crippen molar-refractivity contribution < 1.29 is 28.5 Å². The number of carbonyl (C=O) groups is 2. The number of carbonyl (C=O) groups excluding carboxylic acids is 2. The smallest absolute Gasteiger partial charge is 0.434 e. The van der Waals surface area contributed by atoms with Gasteiger partial charge in [-0.2, -0.15) is 4.99 Å². The molecular weight excluding hydrogens is 376 g/mol. The van der Waals surface area contributed by atoms with Crippen molar-refractivity contribution in [1.82, 2.24) is 0 Å². The van der Waals surface area contributed by atoms with Crippen LogP contribution in [0.15, 0.2) is 70.6 Å². The molecule has 0 aliphatic carbocycles. The fraction of sp³-hybridized carbons (Fsp3) is 0.238. The first-order valence-electron chi connectivity index (χ1n) is 9.09. The Bertz CT molecular complexity index is 905. The third-order valence-corrected chi connectivity index (χ3v) is 3.82. The van der Waals surface area contributed by atoms with Crippen LogP contribution in [-0.4, -0.2) is 43.0 Å². The quantitative estimate of drug-likeness (QED) is 0.542. The molecule has 0 saturated heterocycles. The molecule has 150 valence electrons. The summed E-state index contributed by atoms with van der Waals surface area (Å²) < 4.78 is 20.5. The molecule has 1 aliphatic heterocycles. The third kappa shape index (κ3) is 4.60. The molecule has 1 aliphatic rings. The van der Waals surface area contributed by atoms with Gasteiger partial charge in [-0.15, -0.1) is 0 Å². The molecule has 0 N–H and O–H groups in total. The van der Waals surface area contributed by atoms with Crippen molar-refractivity contribution in [2.24, 2.45) is 9.98 Å². The zero-order chi connectivity index (χ0) is 20.7. The summed E-state index contributed by atoms with van der Waals surface area (Å²) in [5, 5.41) is 0. The predicted molar refractivity (Wildman–Crippen MR) is 105 cm³/mol. The van der Waals surface area contributed by atoms with Gasteiger partial charge in [0.1, 0.15) is 0 Å². The summed E-state index contributed by atoms with van der Waals surface area (Å²) in [6.07, 6.45) is -2.11. The van der Waals surface area contributed by atoms with E-state index < -0.39 is 18.2 Å². The Morgan fingerprint density at radius 2 is 1.28 bits per heavy atom. The second-order valence-electron chi connectivity index (χ2n) is 5.78. The first-order chi connectivity index (χ1) is 14.1. The topological polar surface area (TPSA) is 95.8 Å². The minimum Gasteiger partial charge on any atom is -0.434 e. The minimum atomic E-state index is -2.18. The average Bonchev–Trinajstić information content (AvgIpc) is 3.08. The molecule has 0 saturated carbocycles. The second-order valence-corrected chi connectivity index (χ2v) is 5.78. The predicted octanol–water partition coefficient (Wildman–Crippen LogP) is 3.94. The summed E-state index contributed by atoms with van der Waals surface area (Å²) in [7, 11) is 0. The highest BCUT2D eigenvalue weighted by Crippen LogP contribution is 2.31. The molecule has 0 atom stereocenters. The van der Waals surface area contributed by atoms with Crippen LogP contribution in [0.5, 0.6) is 0 Å². The van der Waals surface area contributed by atoms with Gasteiger partial charge < -0.3 is 18.9 Å². The Morgan fingerprint density at radius 1 is 0.793 bits per heavy atom. The summed E-state index contributed by atoms with van der Waals surface area (Å²) in [4.78, 5) is 33.2. The maximum atomic E-state index is 12.2. The van der Waals surface area contributed by atoms with Gasteiger partial charge in [0.15, 0.2) is 11.5 Å². The van der Waals surface area contributed by atoms with Crippen LogP contribution in [-0.2, 0) is 18.9 Å².